The van der Waals surface area contributed by atoms with E-state index in [2.05, 4.69) is 9.47 Å². The van der Waals surface area contributed by atoms with Crippen LogP contribution in [0.1, 0.15) is 5.56 Å². The van der Waals surface area contributed by atoms with Crippen molar-refractivity contribution in [2.75, 3.05) is 14.2 Å². The molecule has 8 nitrogen and oxygen atoms in total. The number of methoxy groups -OCH3 is 2. The molecule has 1 N–H and O–H groups in total. The molecule has 2 unspecified atom stereocenters. The Kier molecular flexibility index (Phi) is 5.98. The van der Waals surface area contributed by atoms with E-state index in [0.717, 1.165) is 17.4 Å². The Morgan fingerprint density at radius 2 is 1.55 bits per heavy atom. The van der Waals surface area contributed by atoms with Gasteiger partial charge in [-0.05, 0) is 5.56 Å². The van der Waals surface area contributed by atoms with Crippen LogP contribution in [0.15, 0.2) is 30.3 Å². The van der Waals surface area contributed by atoms with Gasteiger partial charge in [-0.2, -0.15) is 26.3 Å². The first-order valence-corrected chi connectivity index (χ1v) is 8.21. The molecule has 14 heteroatoms. The number of nitrogens with zero attached hydrogens (tertiary/aromatic N) is 1. The van der Waals surface area contributed by atoms with Gasteiger partial charge in [0.2, 0.25) is 5.54 Å². The first-order chi connectivity index (χ1) is 14.2. The first kappa shape index (κ1) is 24.0. The molecule has 0 bridgehead atoms. The van der Waals surface area contributed by atoms with Crippen molar-refractivity contribution in [2.45, 2.75) is 29.9 Å². The summed E-state index contributed by atoms with van der Waals surface area (Å²) in [5, 5.41) is 0.930. The number of nitrogens with one attached hydrogen (secondary N) is 1. The maximum atomic E-state index is 14.3. The SMILES string of the molecule is COC(=O)C1(C(F)(F)F)NC(=O)N(C(Cc2ccccc2)(C(=O)OC)C(F)(F)F)C1=O. The summed E-state index contributed by atoms with van der Waals surface area (Å²) in [5.41, 5.74) is -8.97. The van der Waals surface area contributed by atoms with Crippen molar-refractivity contribution in [3.63, 3.8) is 0 Å². The predicted octanol–water partition coefficient (Wildman–Crippen LogP) is 1.73. The summed E-state index contributed by atoms with van der Waals surface area (Å²) in [7, 11) is 0.919. The van der Waals surface area contributed by atoms with Gasteiger partial charge in [-0.1, -0.05) is 30.3 Å². The van der Waals surface area contributed by atoms with Gasteiger partial charge in [-0.15, -0.1) is 0 Å². The molecule has 170 valence electrons. The van der Waals surface area contributed by atoms with Crippen molar-refractivity contribution in [1.82, 2.24) is 10.2 Å². The Hall–Kier alpha value is -3.32. The molecular weight excluding hydrogens is 442 g/mol. The molecule has 0 aromatic heterocycles. The average molecular weight is 456 g/mol. The second kappa shape index (κ2) is 7.74. The van der Waals surface area contributed by atoms with Crippen LogP contribution in [0.5, 0.6) is 0 Å². The van der Waals surface area contributed by atoms with Gasteiger partial charge in [-0.25, -0.2) is 19.3 Å². The summed E-state index contributed by atoms with van der Waals surface area (Å²) < 4.78 is 91.9. The van der Waals surface area contributed by atoms with Gasteiger partial charge in [0, 0.05) is 6.42 Å². The molecule has 1 aliphatic rings. The van der Waals surface area contributed by atoms with Crippen LogP contribution in [0.2, 0.25) is 0 Å². The van der Waals surface area contributed by atoms with Gasteiger partial charge in [-0.3, -0.25) is 4.79 Å². The molecule has 0 spiro atoms. The molecule has 1 fully saturated rings. The third kappa shape index (κ3) is 3.45. The number of hydrogen-bond donors (Lipinski definition) is 1. The van der Waals surface area contributed by atoms with E-state index in [0.29, 0.717) is 14.2 Å². The lowest BCUT2D eigenvalue weighted by Gasteiger charge is -2.39. The van der Waals surface area contributed by atoms with Gasteiger partial charge in [0.15, 0.2) is 0 Å². The van der Waals surface area contributed by atoms with Crippen molar-refractivity contribution in [3.05, 3.63) is 35.9 Å². The minimum atomic E-state index is -5.90. The number of ether oxygens (including phenoxy) is 2. The number of imide groups is 1. The Labute approximate surface area is 170 Å². The average Bonchev–Trinajstić information content (AvgIpc) is 2.96. The molecule has 0 radical (unpaired) electrons. The maximum Gasteiger partial charge on any atom is 0.431 e. The molecule has 31 heavy (non-hydrogen) atoms. The smallest absolute Gasteiger partial charge is 0.431 e. The zero-order chi connectivity index (χ0) is 23.8. The molecule has 3 amide bonds. The van der Waals surface area contributed by atoms with Gasteiger partial charge in [0.05, 0.1) is 14.2 Å². The number of urea groups is 1. The number of esters is 2. The number of hydrogen-bond acceptors (Lipinski definition) is 6. The molecule has 0 saturated carbocycles. The lowest BCUT2D eigenvalue weighted by atomic mass is 9.86. The Morgan fingerprint density at radius 3 is 1.97 bits per heavy atom. The van der Waals surface area contributed by atoms with Crippen LogP contribution in [0.3, 0.4) is 0 Å². The van der Waals surface area contributed by atoms with Crippen LogP contribution in [0, 0.1) is 0 Å². The number of halogens is 6. The summed E-state index contributed by atoms with van der Waals surface area (Å²) in [4.78, 5) is 48.3. The lowest BCUT2D eigenvalue weighted by molar-refractivity contribution is -0.236. The number of carbonyl (C=O) groups excluding carboxylic acids is 4. The lowest BCUT2D eigenvalue weighted by Crippen LogP contribution is -2.70. The van der Waals surface area contributed by atoms with E-state index in [1.807, 2.05) is 0 Å². The quantitative estimate of drug-likeness (QED) is 0.314. The van der Waals surface area contributed by atoms with E-state index in [-0.39, 0.29) is 5.56 Å². The topological polar surface area (TPSA) is 102 Å². The second-order valence-electron chi connectivity index (χ2n) is 6.32. The highest BCUT2D eigenvalue weighted by Crippen LogP contribution is 2.45. The Bertz CT molecular complexity index is 903. The third-order valence-corrected chi connectivity index (χ3v) is 4.61. The molecule has 1 aliphatic heterocycles. The molecule has 1 aromatic carbocycles. The Morgan fingerprint density at radius 1 is 1.00 bits per heavy atom. The number of carbonyl (C=O) groups is 4. The Balaban J connectivity index is 2.82. The number of alkyl halides is 6. The predicted molar refractivity (Wildman–Crippen MR) is 87.1 cm³/mol. The molecule has 2 rings (SSSR count). The van der Waals surface area contributed by atoms with Crippen LogP contribution in [0.25, 0.3) is 0 Å². The van der Waals surface area contributed by atoms with Gasteiger partial charge in [0.25, 0.3) is 5.91 Å². The zero-order valence-corrected chi connectivity index (χ0v) is 15.8. The number of rotatable bonds is 5. The van der Waals surface area contributed by atoms with Crippen LogP contribution < -0.4 is 5.32 Å². The van der Waals surface area contributed by atoms with Crippen molar-refractivity contribution < 1.29 is 55.0 Å². The first-order valence-electron chi connectivity index (χ1n) is 8.21. The maximum absolute atomic E-state index is 14.3. The van der Waals surface area contributed by atoms with Crippen LogP contribution in [-0.4, -0.2) is 66.4 Å². The number of amides is 3. The molecule has 2 atom stereocenters. The summed E-state index contributed by atoms with van der Waals surface area (Å²) in [6, 6.07) is 3.79. The van der Waals surface area contributed by atoms with E-state index in [1.54, 1.807) is 0 Å². The van der Waals surface area contributed by atoms with E-state index in [4.69, 9.17) is 0 Å². The monoisotopic (exact) mass is 456 g/mol. The van der Waals surface area contributed by atoms with Crippen molar-refractivity contribution in [3.8, 4) is 0 Å². The highest BCUT2D eigenvalue weighted by molar-refractivity contribution is 6.21. The molecule has 1 heterocycles. The van der Waals surface area contributed by atoms with Crippen LogP contribution in [0.4, 0.5) is 31.1 Å². The largest absolute Gasteiger partial charge is 0.467 e. The van der Waals surface area contributed by atoms with Gasteiger partial charge < -0.3 is 14.8 Å². The highest BCUT2D eigenvalue weighted by atomic mass is 19.4. The molecular formula is C17H14F6N2O6. The summed E-state index contributed by atoms with van der Waals surface area (Å²) in [6.45, 7) is 0. The fourth-order valence-electron chi connectivity index (χ4n) is 3.12. The third-order valence-electron chi connectivity index (χ3n) is 4.61. The summed E-state index contributed by atoms with van der Waals surface area (Å²) >= 11 is 0. The molecule has 1 saturated heterocycles. The van der Waals surface area contributed by atoms with Crippen molar-refractivity contribution in [2.24, 2.45) is 0 Å². The van der Waals surface area contributed by atoms with Gasteiger partial charge >= 0.3 is 35.9 Å². The normalized spacial score (nSPS) is 21.4. The minimum absolute atomic E-state index is 0.270. The van der Waals surface area contributed by atoms with E-state index in [1.165, 1.54) is 18.2 Å². The molecule has 0 aliphatic carbocycles. The van der Waals surface area contributed by atoms with Crippen LogP contribution >= 0.6 is 0 Å². The van der Waals surface area contributed by atoms with Crippen molar-refractivity contribution in [1.29, 1.82) is 0 Å². The molecule has 1 aromatic rings. The minimum Gasteiger partial charge on any atom is -0.467 e. The van der Waals surface area contributed by atoms with Crippen molar-refractivity contribution >= 4 is 23.9 Å². The zero-order valence-electron chi connectivity index (χ0n) is 15.8. The second-order valence-corrected chi connectivity index (χ2v) is 6.32. The summed E-state index contributed by atoms with van der Waals surface area (Å²) in [5.74, 6) is -7.31. The van der Waals surface area contributed by atoms with E-state index in [9.17, 15) is 45.5 Å². The number of benzene rings is 1. The summed E-state index contributed by atoms with van der Waals surface area (Å²) in [6.07, 6.45) is -13.2. The standard InChI is InChI=1S/C17H14F6N2O6/c1-30-11(27)14(16(18,19)20,8-9-6-4-3-5-7-9)25-10(26)15(12(28)31-2,17(21,22)23)24-13(25)29/h3-7H,8H2,1-2H3,(H,24,29). The highest BCUT2D eigenvalue weighted by Gasteiger charge is 2.80. The fraction of sp³-hybridized carbons (Fsp3) is 0.412. The van der Waals surface area contributed by atoms with E-state index >= 15 is 0 Å². The van der Waals surface area contributed by atoms with Gasteiger partial charge in [0.1, 0.15) is 0 Å². The van der Waals surface area contributed by atoms with Crippen LogP contribution in [-0.2, 0) is 30.3 Å². The van der Waals surface area contributed by atoms with E-state index < -0.39 is 58.6 Å². The fourth-order valence-corrected chi connectivity index (χ4v) is 3.12.